The van der Waals surface area contributed by atoms with E-state index in [2.05, 4.69) is 25.0 Å². The number of hydrogen-bond donors (Lipinski definition) is 1. The Morgan fingerprint density at radius 1 is 1.24 bits per heavy atom. The SMILES string of the molecule is CCc1cc(CC)n(-c2ccc(F)cc2N)n1. The zero-order valence-corrected chi connectivity index (χ0v) is 10.1. The molecule has 0 unspecified atom stereocenters. The van der Waals surface area contributed by atoms with E-state index in [1.807, 2.05) is 0 Å². The molecular formula is C13H16FN3. The van der Waals surface area contributed by atoms with Gasteiger partial charge >= 0.3 is 0 Å². The number of benzene rings is 1. The number of aryl methyl sites for hydroxylation is 2. The van der Waals surface area contributed by atoms with Crippen molar-refractivity contribution < 1.29 is 4.39 Å². The molecule has 0 aliphatic carbocycles. The van der Waals surface area contributed by atoms with E-state index in [-0.39, 0.29) is 5.82 Å². The highest BCUT2D eigenvalue weighted by Crippen LogP contribution is 2.20. The minimum Gasteiger partial charge on any atom is -0.397 e. The Labute approximate surface area is 100 Å². The van der Waals surface area contributed by atoms with Gasteiger partial charge in [0.15, 0.2) is 0 Å². The summed E-state index contributed by atoms with van der Waals surface area (Å²) >= 11 is 0. The summed E-state index contributed by atoms with van der Waals surface area (Å²) in [6.45, 7) is 4.12. The summed E-state index contributed by atoms with van der Waals surface area (Å²) in [7, 11) is 0. The van der Waals surface area contributed by atoms with Crippen LogP contribution in [0.3, 0.4) is 0 Å². The number of nitrogens with zero attached hydrogens (tertiary/aromatic N) is 2. The predicted molar refractivity (Wildman–Crippen MR) is 66.7 cm³/mol. The van der Waals surface area contributed by atoms with E-state index in [9.17, 15) is 4.39 Å². The minimum absolute atomic E-state index is 0.327. The Hall–Kier alpha value is -1.84. The molecule has 0 radical (unpaired) electrons. The van der Waals surface area contributed by atoms with Crippen molar-refractivity contribution in [2.45, 2.75) is 26.7 Å². The average Bonchev–Trinajstić information content (AvgIpc) is 2.72. The standard InChI is InChI=1S/C13H16FN3/c1-3-10-8-11(4-2)17(16-10)13-6-5-9(14)7-12(13)15/h5-8H,3-4,15H2,1-2H3. The second-order valence-corrected chi connectivity index (χ2v) is 3.95. The number of rotatable bonds is 3. The highest BCUT2D eigenvalue weighted by molar-refractivity contribution is 5.58. The van der Waals surface area contributed by atoms with Gasteiger partial charge in [-0.2, -0.15) is 5.10 Å². The van der Waals surface area contributed by atoms with Crippen LogP contribution in [0, 0.1) is 5.82 Å². The van der Waals surface area contributed by atoms with Crippen LogP contribution in [0.4, 0.5) is 10.1 Å². The summed E-state index contributed by atoms with van der Waals surface area (Å²) in [5.41, 5.74) is 9.08. The molecular weight excluding hydrogens is 217 g/mol. The van der Waals surface area contributed by atoms with Gasteiger partial charge in [-0.3, -0.25) is 0 Å². The average molecular weight is 233 g/mol. The molecule has 90 valence electrons. The third-order valence-corrected chi connectivity index (χ3v) is 2.78. The van der Waals surface area contributed by atoms with E-state index < -0.39 is 0 Å². The normalized spacial score (nSPS) is 10.8. The molecule has 0 fully saturated rings. The lowest BCUT2D eigenvalue weighted by atomic mass is 10.2. The van der Waals surface area contributed by atoms with Crippen LogP contribution >= 0.6 is 0 Å². The van der Waals surface area contributed by atoms with Gasteiger partial charge in [-0.15, -0.1) is 0 Å². The van der Waals surface area contributed by atoms with Gasteiger partial charge in [0.2, 0.25) is 0 Å². The van der Waals surface area contributed by atoms with Crippen molar-refractivity contribution in [2.24, 2.45) is 0 Å². The second kappa shape index (κ2) is 4.57. The first-order chi connectivity index (χ1) is 8.15. The number of aromatic nitrogens is 2. The number of nitrogen functional groups attached to an aromatic ring is 1. The quantitative estimate of drug-likeness (QED) is 0.828. The maximum absolute atomic E-state index is 13.0. The molecule has 0 amide bonds. The Morgan fingerprint density at radius 2 is 2.00 bits per heavy atom. The number of halogens is 1. The van der Waals surface area contributed by atoms with Gasteiger partial charge in [-0.25, -0.2) is 9.07 Å². The van der Waals surface area contributed by atoms with Crippen LogP contribution in [0.1, 0.15) is 25.2 Å². The third kappa shape index (κ3) is 2.16. The van der Waals surface area contributed by atoms with E-state index >= 15 is 0 Å². The number of anilines is 1. The topological polar surface area (TPSA) is 43.8 Å². The summed E-state index contributed by atoms with van der Waals surface area (Å²) in [5, 5.41) is 4.47. The van der Waals surface area contributed by atoms with Crippen LogP contribution in [-0.2, 0) is 12.8 Å². The molecule has 0 aliphatic rings. The van der Waals surface area contributed by atoms with Gasteiger partial charge in [0.25, 0.3) is 0 Å². The van der Waals surface area contributed by atoms with Crippen LogP contribution in [-0.4, -0.2) is 9.78 Å². The maximum Gasteiger partial charge on any atom is 0.125 e. The van der Waals surface area contributed by atoms with Crippen molar-refractivity contribution in [2.75, 3.05) is 5.73 Å². The molecule has 2 rings (SSSR count). The van der Waals surface area contributed by atoms with Gasteiger partial charge in [-0.1, -0.05) is 13.8 Å². The van der Waals surface area contributed by atoms with E-state index in [1.54, 1.807) is 10.7 Å². The van der Waals surface area contributed by atoms with E-state index in [0.29, 0.717) is 5.69 Å². The van der Waals surface area contributed by atoms with Gasteiger partial charge < -0.3 is 5.73 Å². The van der Waals surface area contributed by atoms with Crippen molar-refractivity contribution >= 4 is 5.69 Å². The van der Waals surface area contributed by atoms with Gasteiger partial charge in [0.05, 0.1) is 17.1 Å². The molecule has 0 aliphatic heterocycles. The van der Waals surface area contributed by atoms with Crippen molar-refractivity contribution in [1.29, 1.82) is 0 Å². The largest absolute Gasteiger partial charge is 0.397 e. The molecule has 1 aromatic carbocycles. The number of nitrogens with two attached hydrogens (primary N) is 1. The fourth-order valence-electron chi connectivity index (χ4n) is 1.83. The Balaban J connectivity index is 2.55. The van der Waals surface area contributed by atoms with Crippen molar-refractivity contribution in [3.63, 3.8) is 0 Å². The molecule has 17 heavy (non-hydrogen) atoms. The number of hydrogen-bond acceptors (Lipinski definition) is 2. The summed E-state index contributed by atoms with van der Waals surface area (Å²) < 4.78 is 14.8. The Kier molecular flexibility index (Phi) is 3.13. The predicted octanol–water partition coefficient (Wildman–Crippen LogP) is 2.72. The molecule has 0 atom stereocenters. The van der Waals surface area contributed by atoms with Gasteiger partial charge in [0, 0.05) is 5.69 Å². The Bertz CT molecular complexity index is 531. The first-order valence-corrected chi connectivity index (χ1v) is 5.79. The van der Waals surface area contributed by atoms with Crippen molar-refractivity contribution in [3.8, 4) is 5.69 Å². The van der Waals surface area contributed by atoms with Crippen LogP contribution < -0.4 is 5.73 Å². The van der Waals surface area contributed by atoms with Gasteiger partial charge in [-0.05, 0) is 37.1 Å². The lowest BCUT2D eigenvalue weighted by molar-refractivity contribution is 0.627. The highest BCUT2D eigenvalue weighted by atomic mass is 19.1. The lowest BCUT2D eigenvalue weighted by Crippen LogP contribution is -2.05. The lowest BCUT2D eigenvalue weighted by Gasteiger charge is -2.08. The van der Waals surface area contributed by atoms with Crippen LogP contribution in [0.25, 0.3) is 5.69 Å². The second-order valence-electron chi connectivity index (χ2n) is 3.95. The zero-order chi connectivity index (χ0) is 12.4. The van der Waals surface area contributed by atoms with Crippen molar-refractivity contribution in [3.05, 3.63) is 41.5 Å². The molecule has 0 spiro atoms. The molecule has 0 bridgehead atoms. The van der Waals surface area contributed by atoms with E-state index in [4.69, 9.17) is 5.73 Å². The molecule has 2 aromatic rings. The summed E-state index contributed by atoms with van der Waals surface area (Å²) in [4.78, 5) is 0. The monoisotopic (exact) mass is 233 g/mol. The summed E-state index contributed by atoms with van der Waals surface area (Å²) in [6.07, 6.45) is 1.74. The summed E-state index contributed by atoms with van der Waals surface area (Å²) in [6, 6.07) is 6.44. The van der Waals surface area contributed by atoms with Crippen LogP contribution in [0.15, 0.2) is 24.3 Å². The van der Waals surface area contributed by atoms with Crippen molar-refractivity contribution in [1.82, 2.24) is 9.78 Å². The fourth-order valence-corrected chi connectivity index (χ4v) is 1.83. The minimum atomic E-state index is -0.327. The summed E-state index contributed by atoms with van der Waals surface area (Å²) in [5.74, 6) is -0.327. The van der Waals surface area contributed by atoms with Gasteiger partial charge in [0.1, 0.15) is 5.82 Å². The van der Waals surface area contributed by atoms with E-state index in [1.165, 1.54) is 12.1 Å². The molecule has 0 saturated carbocycles. The zero-order valence-electron chi connectivity index (χ0n) is 10.1. The Morgan fingerprint density at radius 3 is 2.59 bits per heavy atom. The van der Waals surface area contributed by atoms with Crippen LogP contribution in [0.5, 0.6) is 0 Å². The first-order valence-electron chi connectivity index (χ1n) is 5.79. The smallest absolute Gasteiger partial charge is 0.125 e. The fraction of sp³-hybridized carbons (Fsp3) is 0.308. The molecule has 2 N–H and O–H groups in total. The molecule has 3 nitrogen and oxygen atoms in total. The molecule has 0 saturated heterocycles. The highest BCUT2D eigenvalue weighted by Gasteiger charge is 2.10. The van der Waals surface area contributed by atoms with E-state index in [0.717, 1.165) is 29.9 Å². The third-order valence-electron chi connectivity index (χ3n) is 2.78. The molecule has 4 heteroatoms. The first kappa shape index (κ1) is 11.6. The molecule has 1 heterocycles. The maximum atomic E-state index is 13.0. The molecule has 1 aromatic heterocycles. The van der Waals surface area contributed by atoms with Crippen LogP contribution in [0.2, 0.25) is 0 Å².